The summed E-state index contributed by atoms with van der Waals surface area (Å²) in [6.07, 6.45) is 0. The lowest BCUT2D eigenvalue weighted by Gasteiger charge is -2.22. The van der Waals surface area contributed by atoms with E-state index in [1.54, 1.807) is 0 Å². The van der Waals surface area contributed by atoms with Crippen LogP contribution in [0.3, 0.4) is 0 Å². The standard InChI is InChI=1S/C17H18F3N/c1-11(2)14(12-6-4-3-5-7-12)10-21-13-8-15(18)17(20)16(19)9-13/h3-9,11,14,21H,10H2,1-2H3. The van der Waals surface area contributed by atoms with Crippen molar-refractivity contribution in [1.29, 1.82) is 0 Å². The van der Waals surface area contributed by atoms with Gasteiger partial charge in [-0.3, -0.25) is 0 Å². The Kier molecular flexibility index (Phi) is 4.89. The van der Waals surface area contributed by atoms with Gasteiger partial charge in [-0.05, 0) is 11.5 Å². The highest BCUT2D eigenvalue weighted by atomic mass is 19.2. The molecule has 4 heteroatoms. The van der Waals surface area contributed by atoms with Crippen LogP contribution in [0.4, 0.5) is 18.9 Å². The first kappa shape index (κ1) is 15.4. The van der Waals surface area contributed by atoms with Crippen LogP contribution in [0.15, 0.2) is 42.5 Å². The Bertz CT molecular complexity index is 573. The fraction of sp³-hybridized carbons (Fsp3) is 0.294. The number of hydrogen-bond acceptors (Lipinski definition) is 1. The summed E-state index contributed by atoms with van der Waals surface area (Å²) in [5.74, 6) is -3.25. The van der Waals surface area contributed by atoms with Crippen molar-refractivity contribution in [3.05, 3.63) is 65.5 Å². The van der Waals surface area contributed by atoms with Crippen LogP contribution in [0.1, 0.15) is 25.3 Å². The molecule has 2 rings (SSSR count). The largest absolute Gasteiger partial charge is 0.384 e. The third kappa shape index (κ3) is 3.78. The monoisotopic (exact) mass is 293 g/mol. The minimum absolute atomic E-state index is 0.197. The Morgan fingerprint density at radius 3 is 2.05 bits per heavy atom. The van der Waals surface area contributed by atoms with E-state index in [2.05, 4.69) is 19.2 Å². The minimum Gasteiger partial charge on any atom is -0.384 e. The number of halogens is 3. The molecule has 1 nitrogen and oxygen atoms in total. The zero-order valence-corrected chi connectivity index (χ0v) is 12.0. The molecule has 0 saturated heterocycles. The molecule has 0 fully saturated rings. The molecule has 1 N–H and O–H groups in total. The number of rotatable bonds is 5. The number of benzene rings is 2. The van der Waals surface area contributed by atoms with Crippen LogP contribution in [0, 0.1) is 23.4 Å². The molecule has 1 atom stereocenters. The molecule has 0 aliphatic heterocycles. The van der Waals surface area contributed by atoms with Gasteiger partial charge < -0.3 is 5.32 Å². The lowest BCUT2D eigenvalue weighted by molar-refractivity contribution is 0.447. The lowest BCUT2D eigenvalue weighted by Crippen LogP contribution is -2.18. The van der Waals surface area contributed by atoms with E-state index in [9.17, 15) is 13.2 Å². The van der Waals surface area contributed by atoms with Crippen LogP contribution in [-0.4, -0.2) is 6.54 Å². The third-order valence-electron chi connectivity index (χ3n) is 3.54. The average molecular weight is 293 g/mol. The smallest absolute Gasteiger partial charge is 0.194 e. The summed E-state index contributed by atoms with van der Waals surface area (Å²) in [4.78, 5) is 0. The molecule has 2 aromatic rings. The zero-order valence-electron chi connectivity index (χ0n) is 12.0. The lowest BCUT2D eigenvalue weighted by atomic mass is 9.88. The Morgan fingerprint density at radius 1 is 0.952 bits per heavy atom. The van der Waals surface area contributed by atoms with Gasteiger partial charge in [0.05, 0.1) is 0 Å². The third-order valence-corrected chi connectivity index (χ3v) is 3.54. The van der Waals surface area contributed by atoms with Gasteiger partial charge in [0, 0.05) is 30.3 Å². The maximum atomic E-state index is 13.2. The summed E-state index contributed by atoms with van der Waals surface area (Å²) in [5.41, 5.74) is 1.40. The average Bonchev–Trinajstić information content (AvgIpc) is 2.45. The SMILES string of the molecule is CC(C)C(CNc1cc(F)c(F)c(F)c1)c1ccccc1. The van der Waals surface area contributed by atoms with Gasteiger partial charge in [-0.1, -0.05) is 44.2 Å². The molecule has 112 valence electrons. The Morgan fingerprint density at radius 2 is 1.52 bits per heavy atom. The molecule has 21 heavy (non-hydrogen) atoms. The molecule has 0 amide bonds. The summed E-state index contributed by atoms with van der Waals surface area (Å²) >= 11 is 0. The van der Waals surface area contributed by atoms with Crippen molar-refractivity contribution in [1.82, 2.24) is 0 Å². The van der Waals surface area contributed by atoms with Crippen molar-refractivity contribution in [3.63, 3.8) is 0 Å². The van der Waals surface area contributed by atoms with Crippen molar-refractivity contribution in [2.75, 3.05) is 11.9 Å². The fourth-order valence-electron chi connectivity index (χ4n) is 2.32. The molecule has 0 saturated carbocycles. The maximum Gasteiger partial charge on any atom is 0.194 e. The molecule has 0 spiro atoms. The Labute approximate surface area is 122 Å². The van der Waals surface area contributed by atoms with E-state index in [0.717, 1.165) is 17.7 Å². The summed E-state index contributed by atoms with van der Waals surface area (Å²) in [5, 5.41) is 2.99. The van der Waals surface area contributed by atoms with Crippen LogP contribution in [0.5, 0.6) is 0 Å². The molecule has 0 heterocycles. The van der Waals surface area contributed by atoms with Gasteiger partial charge in [0.1, 0.15) is 0 Å². The summed E-state index contributed by atoms with van der Waals surface area (Å²) in [6, 6.07) is 11.9. The molecular formula is C17H18F3N. The predicted molar refractivity (Wildman–Crippen MR) is 78.8 cm³/mol. The number of anilines is 1. The van der Waals surface area contributed by atoms with Crippen LogP contribution in [0.2, 0.25) is 0 Å². The Balaban J connectivity index is 2.13. The van der Waals surface area contributed by atoms with Crippen molar-refractivity contribution in [2.24, 2.45) is 5.92 Å². The van der Waals surface area contributed by atoms with E-state index in [1.165, 1.54) is 0 Å². The van der Waals surface area contributed by atoms with E-state index in [-0.39, 0.29) is 11.6 Å². The van der Waals surface area contributed by atoms with Gasteiger partial charge in [-0.25, -0.2) is 13.2 Å². The van der Waals surface area contributed by atoms with E-state index < -0.39 is 17.5 Å². The van der Waals surface area contributed by atoms with E-state index in [0.29, 0.717) is 12.5 Å². The first-order valence-corrected chi connectivity index (χ1v) is 6.92. The van der Waals surface area contributed by atoms with Gasteiger partial charge in [0.2, 0.25) is 0 Å². The first-order valence-electron chi connectivity index (χ1n) is 6.92. The summed E-state index contributed by atoms with van der Waals surface area (Å²) in [7, 11) is 0. The normalized spacial score (nSPS) is 12.5. The predicted octanol–water partition coefficient (Wildman–Crippen LogP) is 4.96. The summed E-state index contributed by atoms with van der Waals surface area (Å²) < 4.78 is 39.3. The highest BCUT2D eigenvalue weighted by Crippen LogP contribution is 2.25. The minimum atomic E-state index is -1.44. The van der Waals surface area contributed by atoms with Gasteiger partial charge in [0.15, 0.2) is 17.5 Å². The molecular weight excluding hydrogens is 275 g/mol. The van der Waals surface area contributed by atoms with Crippen LogP contribution in [0.25, 0.3) is 0 Å². The molecule has 1 unspecified atom stereocenters. The number of nitrogens with one attached hydrogen (secondary N) is 1. The van der Waals surface area contributed by atoms with Crippen molar-refractivity contribution in [2.45, 2.75) is 19.8 Å². The second kappa shape index (κ2) is 6.66. The molecule has 0 bridgehead atoms. The van der Waals surface area contributed by atoms with Crippen LogP contribution in [-0.2, 0) is 0 Å². The topological polar surface area (TPSA) is 12.0 Å². The summed E-state index contributed by atoms with van der Waals surface area (Å²) in [6.45, 7) is 4.70. The van der Waals surface area contributed by atoms with Crippen LogP contribution >= 0.6 is 0 Å². The van der Waals surface area contributed by atoms with E-state index in [4.69, 9.17) is 0 Å². The zero-order chi connectivity index (χ0) is 15.4. The maximum absolute atomic E-state index is 13.2. The highest BCUT2D eigenvalue weighted by molar-refractivity contribution is 5.44. The molecule has 0 aliphatic carbocycles. The van der Waals surface area contributed by atoms with Gasteiger partial charge in [-0.15, -0.1) is 0 Å². The number of hydrogen-bond donors (Lipinski definition) is 1. The van der Waals surface area contributed by atoms with Crippen LogP contribution < -0.4 is 5.32 Å². The van der Waals surface area contributed by atoms with Crippen molar-refractivity contribution < 1.29 is 13.2 Å². The molecule has 0 radical (unpaired) electrons. The molecule has 2 aromatic carbocycles. The van der Waals surface area contributed by atoms with E-state index >= 15 is 0 Å². The van der Waals surface area contributed by atoms with Crippen molar-refractivity contribution >= 4 is 5.69 Å². The van der Waals surface area contributed by atoms with Gasteiger partial charge in [0.25, 0.3) is 0 Å². The second-order valence-corrected chi connectivity index (χ2v) is 5.40. The highest BCUT2D eigenvalue weighted by Gasteiger charge is 2.16. The molecule has 0 aliphatic rings. The van der Waals surface area contributed by atoms with E-state index in [1.807, 2.05) is 30.3 Å². The van der Waals surface area contributed by atoms with Gasteiger partial charge >= 0.3 is 0 Å². The first-order chi connectivity index (χ1) is 9.99. The van der Waals surface area contributed by atoms with Crippen molar-refractivity contribution in [3.8, 4) is 0 Å². The second-order valence-electron chi connectivity index (χ2n) is 5.40. The molecule has 0 aromatic heterocycles. The van der Waals surface area contributed by atoms with Gasteiger partial charge in [-0.2, -0.15) is 0 Å². The quantitative estimate of drug-likeness (QED) is 0.769. The fourth-order valence-corrected chi connectivity index (χ4v) is 2.32. The Hall–Kier alpha value is -1.97.